The third-order valence-electron chi connectivity index (χ3n) is 2.90. The molecule has 0 saturated heterocycles. The first-order valence-corrected chi connectivity index (χ1v) is 10.1. The predicted octanol–water partition coefficient (Wildman–Crippen LogP) is 1.51. The second-order valence-electron chi connectivity index (χ2n) is 5.86. The summed E-state index contributed by atoms with van der Waals surface area (Å²) < 4.78 is 0. The van der Waals surface area contributed by atoms with Crippen LogP contribution in [0.4, 0.5) is 0 Å². The summed E-state index contributed by atoms with van der Waals surface area (Å²) in [5.41, 5.74) is 1.21. The van der Waals surface area contributed by atoms with Gasteiger partial charge in [-0.05, 0) is 37.4 Å². The molecule has 0 spiro atoms. The maximum atomic E-state index is 11.8. The molecule has 100 valence electrons. The molecule has 0 fully saturated rings. The molecule has 0 unspecified atom stereocenters. The molecule has 0 heterocycles. The van der Waals surface area contributed by atoms with Crippen LogP contribution >= 0.6 is 0 Å². The van der Waals surface area contributed by atoms with Crippen molar-refractivity contribution in [3.8, 4) is 0 Å². The molecule has 0 saturated carbocycles. The number of carbonyl (C=O) groups is 1. The average molecular weight is 277 g/mol. The van der Waals surface area contributed by atoms with Gasteiger partial charge in [0.1, 0.15) is 0 Å². The SMILES string of the molecule is C[Si](C)(C)[N-]C(=O)CCc1ccc2ccccc2c1.[Li+]. The molecule has 4 heteroatoms. The van der Waals surface area contributed by atoms with E-state index in [2.05, 4.69) is 55.0 Å². The van der Waals surface area contributed by atoms with Crippen LogP contribution in [0.15, 0.2) is 42.5 Å². The van der Waals surface area contributed by atoms with Crippen LogP contribution in [0.5, 0.6) is 0 Å². The second-order valence-corrected chi connectivity index (χ2v) is 10.4. The second kappa shape index (κ2) is 7.12. The van der Waals surface area contributed by atoms with Crippen LogP contribution in [0, 0.1) is 0 Å². The van der Waals surface area contributed by atoms with E-state index in [1.165, 1.54) is 16.3 Å². The van der Waals surface area contributed by atoms with Crippen molar-refractivity contribution in [1.82, 2.24) is 0 Å². The summed E-state index contributed by atoms with van der Waals surface area (Å²) in [5.74, 6) is 0.0484. The summed E-state index contributed by atoms with van der Waals surface area (Å²) in [5, 5.41) is 2.47. The zero-order chi connectivity index (χ0) is 13.9. The molecule has 0 aromatic heterocycles. The maximum absolute atomic E-state index is 11.8. The van der Waals surface area contributed by atoms with E-state index in [0.29, 0.717) is 6.42 Å². The van der Waals surface area contributed by atoms with E-state index in [9.17, 15) is 4.79 Å². The van der Waals surface area contributed by atoms with Crippen LogP contribution in [0.2, 0.25) is 19.6 Å². The zero-order valence-corrected chi connectivity index (χ0v) is 13.8. The minimum atomic E-state index is -1.63. The number of aryl methyl sites for hydroxylation is 1. The maximum Gasteiger partial charge on any atom is 1.00 e. The third-order valence-corrected chi connectivity index (χ3v) is 3.82. The minimum Gasteiger partial charge on any atom is -0.656 e. The first-order valence-electron chi connectivity index (χ1n) is 6.67. The van der Waals surface area contributed by atoms with Crippen LogP contribution in [0.3, 0.4) is 0 Å². The summed E-state index contributed by atoms with van der Waals surface area (Å²) in [6.45, 7) is 6.25. The van der Waals surface area contributed by atoms with Crippen LogP contribution in [-0.4, -0.2) is 14.1 Å². The van der Waals surface area contributed by atoms with E-state index in [0.717, 1.165) is 6.42 Å². The molecule has 0 N–H and O–H groups in total. The Morgan fingerprint density at radius 2 is 1.70 bits per heavy atom. The van der Waals surface area contributed by atoms with Crippen molar-refractivity contribution in [2.45, 2.75) is 32.5 Å². The van der Waals surface area contributed by atoms with E-state index in [4.69, 9.17) is 0 Å². The fraction of sp³-hybridized carbons (Fsp3) is 0.312. The Labute approximate surface area is 134 Å². The molecule has 20 heavy (non-hydrogen) atoms. The van der Waals surface area contributed by atoms with Gasteiger partial charge in [-0.2, -0.15) is 0 Å². The first kappa shape index (κ1) is 17.0. The van der Waals surface area contributed by atoms with Crippen LogP contribution in [0.25, 0.3) is 15.8 Å². The Bertz CT molecular complexity index is 592. The van der Waals surface area contributed by atoms with Crippen molar-refractivity contribution >= 4 is 24.9 Å². The van der Waals surface area contributed by atoms with Crippen LogP contribution in [0.1, 0.15) is 12.0 Å². The van der Waals surface area contributed by atoms with Crippen molar-refractivity contribution in [3.63, 3.8) is 0 Å². The van der Waals surface area contributed by atoms with Gasteiger partial charge in [0.25, 0.3) is 0 Å². The van der Waals surface area contributed by atoms with Gasteiger partial charge in [0.05, 0.1) is 5.91 Å². The van der Waals surface area contributed by atoms with E-state index < -0.39 is 8.24 Å². The summed E-state index contributed by atoms with van der Waals surface area (Å²) in [6, 6.07) is 14.7. The van der Waals surface area contributed by atoms with Gasteiger partial charge in [0.15, 0.2) is 0 Å². The summed E-state index contributed by atoms with van der Waals surface area (Å²) >= 11 is 0. The predicted molar refractivity (Wildman–Crippen MR) is 84.0 cm³/mol. The Kier molecular flexibility index (Phi) is 6.07. The molecule has 2 rings (SSSR count). The monoisotopic (exact) mass is 277 g/mol. The van der Waals surface area contributed by atoms with Gasteiger partial charge in [0.2, 0.25) is 0 Å². The van der Waals surface area contributed by atoms with Crippen LogP contribution < -0.4 is 18.9 Å². The number of nitrogens with zero attached hydrogens (tertiary/aromatic N) is 1. The molecule has 0 radical (unpaired) electrons. The molecule has 0 aliphatic carbocycles. The third kappa shape index (κ3) is 5.17. The molecule has 0 aliphatic rings. The smallest absolute Gasteiger partial charge is 0.656 e. The molecule has 0 bridgehead atoms. The molecule has 0 aliphatic heterocycles. The summed E-state index contributed by atoms with van der Waals surface area (Å²) in [6.07, 6.45) is 1.29. The number of fused-ring (bicyclic) bond motifs is 1. The topological polar surface area (TPSA) is 31.2 Å². The van der Waals surface area contributed by atoms with Gasteiger partial charge in [-0.1, -0.05) is 62.1 Å². The van der Waals surface area contributed by atoms with Crippen molar-refractivity contribution in [2.24, 2.45) is 0 Å². The molecular weight excluding hydrogens is 257 g/mol. The van der Waals surface area contributed by atoms with E-state index in [1.807, 2.05) is 12.1 Å². The number of benzene rings is 2. The van der Waals surface area contributed by atoms with Gasteiger partial charge in [0, 0.05) is 0 Å². The zero-order valence-electron chi connectivity index (χ0n) is 12.8. The van der Waals surface area contributed by atoms with Gasteiger partial charge in [-0.3, -0.25) is 0 Å². The Balaban J connectivity index is 0.00000200. The fourth-order valence-electron chi connectivity index (χ4n) is 2.08. The van der Waals surface area contributed by atoms with Crippen LogP contribution in [-0.2, 0) is 11.2 Å². The molecule has 2 nitrogen and oxygen atoms in total. The number of hydrogen-bond donors (Lipinski definition) is 0. The summed E-state index contributed by atoms with van der Waals surface area (Å²) in [4.78, 5) is 16.1. The largest absolute Gasteiger partial charge is 1.00 e. The van der Waals surface area contributed by atoms with Crippen molar-refractivity contribution in [3.05, 3.63) is 53.0 Å². The first-order chi connectivity index (χ1) is 8.94. The standard InChI is InChI=1S/C16H21NOSi.Li/c1-19(2,3)17-16(18)11-9-13-8-10-14-6-4-5-7-15(14)12-13;/h4-8,10,12H,9,11H2,1-3H3,(H,17,18);/q;+1/p-1. The van der Waals surface area contributed by atoms with Gasteiger partial charge >= 0.3 is 18.9 Å². The van der Waals surface area contributed by atoms with Gasteiger partial charge in [-0.15, -0.1) is 0 Å². The van der Waals surface area contributed by atoms with Crippen molar-refractivity contribution in [2.75, 3.05) is 0 Å². The van der Waals surface area contributed by atoms with Gasteiger partial charge in [-0.25, -0.2) is 0 Å². The number of rotatable bonds is 4. The van der Waals surface area contributed by atoms with Gasteiger partial charge < -0.3 is 9.78 Å². The Morgan fingerprint density at radius 3 is 2.35 bits per heavy atom. The molecule has 2 aromatic carbocycles. The molecular formula is C16H20LiNOSi. The van der Waals surface area contributed by atoms with E-state index in [1.54, 1.807) is 0 Å². The fourth-order valence-corrected chi connectivity index (χ4v) is 2.94. The quantitative estimate of drug-likeness (QED) is 0.779. The molecule has 0 atom stereocenters. The Morgan fingerprint density at radius 1 is 1.05 bits per heavy atom. The summed E-state index contributed by atoms with van der Waals surface area (Å²) in [7, 11) is -1.63. The van der Waals surface area contributed by atoms with E-state index in [-0.39, 0.29) is 24.8 Å². The average Bonchev–Trinajstić information content (AvgIpc) is 2.34. The van der Waals surface area contributed by atoms with Crippen molar-refractivity contribution in [1.29, 1.82) is 0 Å². The number of hydrogen-bond acceptors (Lipinski definition) is 1. The number of amides is 1. The normalized spacial score (nSPS) is 10.9. The molecule has 1 amide bonds. The number of carbonyl (C=O) groups excluding carboxylic acids is 1. The van der Waals surface area contributed by atoms with E-state index >= 15 is 0 Å². The van der Waals surface area contributed by atoms with Crippen molar-refractivity contribution < 1.29 is 23.7 Å². The minimum absolute atomic E-state index is 0. The Hall–Kier alpha value is -1.02. The molecule has 2 aromatic rings.